The normalized spacial score (nSPS) is 11.2. The van der Waals surface area contributed by atoms with Gasteiger partial charge in [-0.2, -0.15) is 0 Å². The fourth-order valence-corrected chi connectivity index (χ4v) is 2.10. The molecular weight excluding hydrogens is 268 g/mol. The first-order chi connectivity index (χ1) is 10.2. The van der Waals surface area contributed by atoms with Gasteiger partial charge in [0.25, 0.3) is 0 Å². The topological polar surface area (TPSA) is 58.7 Å². The summed E-state index contributed by atoms with van der Waals surface area (Å²) >= 11 is 0. The quantitative estimate of drug-likeness (QED) is 0.806. The van der Waals surface area contributed by atoms with Crippen LogP contribution in [-0.4, -0.2) is 48.6 Å². The molecule has 1 N–H and O–H groups in total. The zero-order valence-corrected chi connectivity index (χ0v) is 12.6. The highest BCUT2D eigenvalue weighted by Gasteiger charge is 2.11. The summed E-state index contributed by atoms with van der Waals surface area (Å²) in [5, 5.41) is 13.2. The van der Waals surface area contributed by atoms with Crippen LogP contribution in [0, 0.1) is 6.92 Å². The summed E-state index contributed by atoms with van der Waals surface area (Å²) < 4.78 is 10.5. The number of aromatic nitrogens is 1. The molecule has 0 saturated carbocycles. The molecule has 1 aromatic carbocycles. The summed E-state index contributed by atoms with van der Waals surface area (Å²) in [6.07, 6.45) is 0. The van der Waals surface area contributed by atoms with E-state index in [0.717, 1.165) is 23.6 Å². The lowest BCUT2D eigenvalue weighted by atomic mass is 10.1. The predicted molar refractivity (Wildman–Crippen MR) is 80.9 cm³/mol. The Hall–Kier alpha value is -1.69. The van der Waals surface area contributed by atoms with Crippen LogP contribution in [0.1, 0.15) is 11.3 Å². The maximum absolute atomic E-state index is 9.09. The van der Waals surface area contributed by atoms with E-state index < -0.39 is 0 Å². The van der Waals surface area contributed by atoms with Crippen molar-refractivity contribution in [3.63, 3.8) is 0 Å². The summed E-state index contributed by atoms with van der Waals surface area (Å²) in [5.74, 6) is 0.787. The van der Waals surface area contributed by atoms with Crippen LogP contribution in [0.15, 0.2) is 34.9 Å². The molecule has 2 aromatic rings. The molecule has 0 unspecified atom stereocenters. The number of aryl methyl sites for hydroxylation is 1. The van der Waals surface area contributed by atoms with Crippen LogP contribution in [0.3, 0.4) is 0 Å². The van der Waals surface area contributed by atoms with Gasteiger partial charge in [-0.05, 0) is 6.92 Å². The van der Waals surface area contributed by atoms with E-state index in [9.17, 15) is 0 Å². The Morgan fingerprint density at radius 3 is 2.67 bits per heavy atom. The monoisotopic (exact) mass is 290 g/mol. The number of methoxy groups -OCH3 is 1. The molecule has 0 fully saturated rings. The van der Waals surface area contributed by atoms with Gasteiger partial charge in [0.1, 0.15) is 5.69 Å². The second-order valence-electron chi connectivity index (χ2n) is 5.04. The summed E-state index contributed by atoms with van der Waals surface area (Å²) in [4.78, 5) is 2.07. The first-order valence-electron chi connectivity index (χ1n) is 7.07. The Balaban J connectivity index is 2.02. The van der Waals surface area contributed by atoms with Crippen LogP contribution in [0.2, 0.25) is 0 Å². The molecule has 0 bridgehead atoms. The zero-order chi connectivity index (χ0) is 15.1. The van der Waals surface area contributed by atoms with Gasteiger partial charge in [0.05, 0.1) is 19.8 Å². The van der Waals surface area contributed by atoms with E-state index in [-0.39, 0.29) is 6.61 Å². The number of hydrogen-bond acceptors (Lipinski definition) is 5. The van der Waals surface area contributed by atoms with Gasteiger partial charge in [-0.15, -0.1) is 0 Å². The van der Waals surface area contributed by atoms with Crippen LogP contribution in [0.5, 0.6) is 0 Å². The van der Waals surface area contributed by atoms with E-state index in [2.05, 4.69) is 29.1 Å². The maximum Gasteiger partial charge on any atom is 0.151 e. The molecule has 21 heavy (non-hydrogen) atoms. The van der Waals surface area contributed by atoms with Crippen LogP contribution in [-0.2, 0) is 11.3 Å². The van der Waals surface area contributed by atoms with Gasteiger partial charge in [0.15, 0.2) is 5.76 Å². The van der Waals surface area contributed by atoms with Crippen LogP contribution in [0.25, 0.3) is 11.3 Å². The third-order valence-electron chi connectivity index (χ3n) is 3.31. The van der Waals surface area contributed by atoms with Gasteiger partial charge in [-0.3, -0.25) is 4.90 Å². The van der Waals surface area contributed by atoms with Crippen molar-refractivity contribution in [2.24, 2.45) is 0 Å². The second kappa shape index (κ2) is 7.93. The number of aliphatic hydroxyl groups excluding tert-OH is 1. The third-order valence-corrected chi connectivity index (χ3v) is 3.31. The molecule has 0 amide bonds. The fraction of sp³-hybridized carbons (Fsp3) is 0.438. The lowest BCUT2D eigenvalue weighted by molar-refractivity contribution is 0.120. The van der Waals surface area contributed by atoms with E-state index >= 15 is 0 Å². The Bertz CT molecular complexity index is 537. The Morgan fingerprint density at radius 2 is 2.00 bits per heavy atom. The van der Waals surface area contributed by atoms with Crippen molar-refractivity contribution in [2.45, 2.75) is 13.5 Å². The molecule has 114 valence electrons. The predicted octanol–water partition coefficient (Wildman–Crippen LogP) is 2.09. The minimum atomic E-state index is 0.114. The van der Waals surface area contributed by atoms with Crippen molar-refractivity contribution in [3.8, 4) is 11.3 Å². The van der Waals surface area contributed by atoms with E-state index in [1.54, 1.807) is 7.11 Å². The smallest absolute Gasteiger partial charge is 0.151 e. The van der Waals surface area contributed by atoms with Crippen LogP contribution >= 0.6 is 0 Å². The number of hydrogen-bond donors (Lipinski definition) is 1. The summed E-state index contributed by atoms with van der Waals surface area (Å²) in [7, 11) is 1.67. The molecule has 0 radical (unpaired) electrons. The van der Waals surface area contributed by atoms with Gasteiger partial charge < -0.3 is 14.4 Å². The number of aliphatic hydroxyl groups is 1. The van der Waals surface area contributed by atoms with Crippen molar-refractivity contribution >= 4 is 0 Å². The fourth-order valence-electron chi connectivity index (χ4n) is 2.10. The zero-order valence-electron chi connectivity index (χ0n) is 12.6. The van der Waals surface area contributed by atoms with Crippen molar-refractivity contribution < 1.29 is 14.4 Å². The average Bonchev–Trinajstić information content (AvgIpc) is 2.94. The lowest BCUT2D eigenvalue weighted by Gasteiger charge is -2.18. The summed E-state index contributed by atoms with van der Waals surface area (Å²) in [5.41, 5.74) is 3.10. The molecule has 2 rings (SSSR count). The lowest BCUT2D eigenvalue weighted by Crippen LogP contribution is -2.29. The highest BCUT2D eigenvalue weighted by molar-refractivity contribution is 5.59. The molecule has 0 atom stereocenters. The number of ether oxygens (including phenoxy) is 1. The standard InChI is InChI=1S/C16H22N2O3/c1-13-3-5-14(6-4-13)16-11-15(21-17-16)12-18(7-9-19)8-10-20-2/h3-6,11,19H,7-10,12H2,1-2H3. The first kappa shape index (κ1) is 15.7. The highest BCUT2D eigenvalue weighted by Crippen LogP contribution is 2.20. The number of benzene rings is 1. The summed E-state index contributed by atoms with van der Waals surface area (Å²) in [6.45, 7) is 4.74. The molecule has 1 heterocycles. The first-order valence-corrected chi connectivity index (χ1v) is 7.07. The van der Waals surface area contributed by atoms with Gasteiger partial charge in [-0.1, -0.05) is 35.0 Å². The molecular formula is C16H22N2O3. The van der Waals surface area contributed by atoms with Gasteiger partial charge in [0.2, 0.25) is 0 Å². The van der Waals surface area contributed by atoms with E-state index in [4.69, 9.17) is 14.4 Å². The van der Waals surface area contributed by atoms with Gasteiger partial charge in [-0.25, -0.2) is 0 Å². The maximum atomic E-state index is 9.09. The minimum absolute atomic E-state index is 0.114. The molecule has 0 aliphatic carbocycles. The van der Waals surface area contributed by atoms with Crippen molar-refractivity contribution in [1.29, 1.82) is 0 Å². The van der Waals surface area contributed by atoms with E-state index in [0.29, 0.717) is 19.7 Å². The SMILES string of the molecule is COCCN(CCO)Cc1cc(-c2ccc(C)cc2)no1. The third kappa shape index (κ3) is 4.67. The van der Waals surface area contributed by atoms with E-state index in [1.165, 1.54) is 5.56 Å². The molecule has 0 aliphatic rings. The molecule has 5 heteroatoms. The van der Waals surface area contributed by atoms with Crippen LogP contribution in [0.4, 0.5) is 0 Å². The number of rotatable bonds is 8. The van der Waals surface area contributed by atoms with Crippen molar-refractivity contribution in [2.75, 3.05) is 33.4 Å². The molecule has 0 saturated heterocycles. The van der Waals surface area contributed by atoms with Crippen molar-refractivity contribution in [3.05, 3.63) is 41.7 Å². The summed E-state index contributed by atoms with van der Waals surface area (Å²) in [6, 6.07) is 10.1. The number of nitrogens with zero attached hydrogens (tertiary/aromatic N) is 2. The van der Waals surface area contributed by atoms with Gasteiger partial charge in [0, 0.05) is 31.8 Å². The van der Waals surface area contributed by atoms with Gasteiger partial charge >= 0.3 is 0 Å². The van der Waals surface area contributed by atoms with Crippen molar-refractivity contribution in [1.82, 2.24) is 10.1 Å². The Labute approximate surface area is 125 Å². The molecule has 0 spiro atoms. The second-order valence-corrected chi connectivity index (χ2v) is 5.04. The Kier molecular flexibility index (Phi) is 5.92. The molecule has 5 nitrogen and oxygen atoms in total. The Morgan fingerprint density at radius 1 is 1.24 bits per heavy atom. The largest absolute Gasteiger partial charge is 0.395 e. The molecule has 0 aliphatic heterocycles. The van der Waals surface area contributed by atoms with E-state index in [1.807, 2.05) is 18.2 Å². The minimum Gasteiger partial charge on any atom is -0.395 e. The molecule has 1 aromatic heterocycles. The highest BCUT2D eigenvalue weighted by atomic mass is 16.5. The van der Waals surface area contributed by atoms with Crippen LogP contribution < -0.4 is 0 Å². The average molecular weight is 290 g/mol.